The number of carbonyl (C=O) groups is 1. The van der Waals surface area contributed by atoms with Crippen molar-refractivity contribution < 1.29 is 14.3 Å². The summed E-state index contributed by atoms with van der Waals surface area (Å²) in [6.45, 7) is 9.80. The molecule has 0 saturated carbocycles. The Bertz CT molecular complexity index is 1550. The van der Waals surface area contributed by atoms with Gasteiger partial charge in [0, 0.05) is 45.0 Å². The van der Waals surface area contributed by atoms with Crippen molar-refractivity contribution in [1.29, 1.82) is 5.26 Å². The molecule has 40 heavy (non-hydrogen) atoms. The summed E-state index contributed by atoms with van der Waals surface area (Å²) >= 11 is 0. The Labute approximate surface area is 236 Å². The fraction of sp³-hybridized carbons (Fsp3) is 0.424. The van der Waals surface area contributed by atoms with Crippen molar-refractivity contribution in [3.05, 3.63) is 71.5 Å². The van der Waals surface area contributed by atoms with Crippen molar-refractivity contribution in [2.75, 3.05) is 13.1 Å². The lowest BCUT2D eigenvalue weighted by Crippen LogP contribution is -2.44. The van der Waals surface area contributed by atoms with E-state index in [1.54, 1.807) is 4.90 Å². The van der Waals surface area contributed by atoms with Crippen LogP contribution in [0.15, 0.2) is 54.6 Å². The molecule has 5 rings (SSSR count). The molecule has 0 aliphatic carbocycles. The fourth-order valence-electron chi connectivity index (χ4n) is 5.25. The second-order valence-electron chi connectivity index (χ2n) is 11.7. The number of nitriles is 1. The van der Waals surface area contributed by atoms with Crippen LogP contribution >= 0.6 is 0 Å². The van der Waals surface area contributed by atoms with Gasteiger partial charge in [-0.05, 0) is 73.9 Å². The molecular weight excluding hydrogens is 500 g/mol. The number of rotatable bonds is 7. The first-order chi connectivity index (χ1) is 19.2. The molecular formula is C33H38N4O3. The maximum absolute atomic E-state index is 12.4. The van der Waals surface area contributed by atoms with E-state index in [1.165, 1.54) is 5.56 Å². The Hall–Kier alpha value is -4.05. The number of ether oxygens (including phenoxy) is 2. The smallest absolute Gasteiger partial charge is 0.410 e. The predicted octanol–water partition coefficient (Wildman–Crippen LogP) is 7.23. The average Bonchev–Trinajstić information content (AvgIpc) is 3.27. The standard InChI is InChI=1S/C33H38N4O3/c1-5-6-7-31-35-29-13-12-28(39-27-14-16-36(17-15-27)32(38)40-33(2,3)4)20-30(29)37(31)22-24-9-11-25-10-8-23(21-34)18-26(25)19-24/h8-13,18-20,27H,5-7,14-17,22H2,1-4H3. The van der Waals surface area contributed by atoms with E-state index in [0.29, 0.717) is 25.2 Å². The van der Waals surface area contributed by atoms with Crippen LogP contribution in [0.5, 0.6) is 5.75 Å². The van der Waals surface area contributed by atoms with Crippen LogP contribution in [-0.4, -0.2) is 45.3 Å². The molecule has 7 heteroatoms. The van der Waals surface area contributed by atoms with Gasteiger partial charge in [-0.3, -0.25) is 0 Å². The van der Waals surface area contributed by atoms with E-state index in [4.69, 9.17) is 14.5 Å². The third kappa shape index (κ3) is 6.39. The van der Waals surface area contributed by atoms with Crippen LogP contribution < -0.4 is 4.74 Å². The number of likely N-dealkylation sites (tertiary alicyclic amines) is 1. The van der Waals surface area contributed by atoms with Gasteiger partial charge in [0.2, 0.25) is 0 Å². The van der Waals surface area contributed by atoms with E-state index < -0.39 is 5.60 Å². The Kier molecular flexibility index (Phi) is 7.97. The van der Waals surface area contributed by atoms with Gasteiger partial charge in [-0.1, -0.05) is 31.5 Å². The minimum atomic E-state index is -0.495. The van der Waals surface area contributed by atoms with Crippen molar-refractivity contribution >= 4 is 27.9 Å². The molecule has 1 saturated heterocycles. The molecule has 0 atom stereocenters. The normalized spacial score (nSPS) is 14.4. The van der Waals surface area contributed by atoms with Crippen LogP contribution in [0.1, 0.15) is 70.3 Å². The number of imidazole rings is 1. The number of aromatic nitrogens is 2. The lowest BCUT2D eigenvalue weighted by atomic mass is 10.0. The van der Waals surface area contributed by atoms with Crippen molar-refractivity contribution in [1.82, 2.24) is 14.5 Å². The summed E-state index contributed by atoms with van der Waals surface area (Å²) in [6.07, 6.45) is 4.41. The first kappa shape index (κ1) is 27.5. The number of unbranched alkanes of at least 4 members (excludes halogenated alkanes) is 1. The molecule has 4 aromatic rings. The summed E-state index contributed by atoms with van der Waals surface area (Å²) in [4.78, 5) is 19.2. The lowest BCUT2D eigenvalue weighted by molar-refractivity contribution is 0.0127. The Morgan fingerprint density at radius 2 is 1.82 bits per heavy atom. The minimum absolute atomic E-state index is 0.0434. The lowest BCUT2D eigenvalue weighted by Gasteiger charge is -2.33. The van der Waals surface area contributed by atoms with Crippen LogP contribution in [0.4, 0.5) is 4.79 Å². The molecule has 1 aliphatic rings. The van der Waals surface area contributed by atoms with E-state index in [-0.39, 0.29) is 12.2 Å². The van der Waals surface area contributed by atoms with Crippen molar-refractivity contribution in [2.45, 2.75) is 78.0 Å². The number of benzene rings is 3. The molecule has 2 heterocycles. The summed E-state index contributed by atoms with van der Waals surface area (Å²) in [5, 5.41) is 11.5. The van der Waals surface area contributed by atoms with Crippen LogP contribution in [0, 0.1) is 11.3 Å². The highest BCUT2D eigenvalue weighted by Gasteiger charge is 2.27. The second kappa shape index (κ2) is 11.6. The zero-order chi connectivity index (χ0) is 28.3. The van der Waals surface area contributed by atoms with Gasteiger partial charge in [0.05, 0.1) is 22.7 Å². The van der Waals surface area contributed by atoms with Gasteiger partial charge in [0.25, 0.3) is 0 Å². The highest BCUT2D eigenvalue weighted by molar-refractivity contribution is 5.84. The van der Waals surface area contributed by atoms with Crippen molar-refractivity contribution in [3.63, 3.8) is 0 Å². The molecule has 7 nitrogen and oxygen atoms in total. The topological polar surface area (TPSA) is 80.4 Å². The quantitative estimate of drug-likeness (QED) is 0.248. The highest BCUT2D eigenvalue weighted by Crippen LogP contribution is 2.28. The molecule has 0 spiro atoms. The van der Waals surface area contributed by atoms with Crippen LogP contribution in [0.25, 0.3) is 21.8 Å². The van der Waals surface area contributed by atoms with Gasteiger partial charge in [-0.2, -0.15) is 5.26 Å². The summed E-state index contributed by atoms with van der Waals surface area (Å²) in [7, 11) is 0. The summed E-state index contributed by atoms with van der Waals surface area (Å²) < 4.78 is 14.3. The third-order valence-electron chi connectivity index (χ3n) is 7.32. The minimum Gasteiger partial charge on any atom is -0.490 e. The molecule has 1 aliphatic heterocycles. The zero-order valence-electron chi connectivity index (χ0n) is 23.9. The number of nitrogens with zero attached hydrogens (tertiary/aromatic N) is 4. The summed E-state index contributed by atoms with van der Waals surface area (Å²) in [6, 6.07) is 20.6. The first-order valence-corrected chi connectivity index (χ1v) is 14.3. The predicted molar refractivity (Wildman–Crippen MR) is 158 cm³/mol. The van der Waals surface area contributed by atoms with Gasteiger partial charge in [-0.25, -0.2) is 9.78 Å². The van der Waals surface area contributed by atoms with Crippen LogP contribution in [-0.2, 0) is 17.7 Å². The van der Waals surface area contributed by atoms with Crippen LogP contribution in [0.3, 0.4) is 0 Å². The Morgan fingerprint density at radius 1 is 1.05 bits per heavy atom. The van der Waals surface area contributed by atoms with Gasteiger partial charge in [0.15, 0.2) is 0 Å². The van der Waals surface area contributed by atoms with Gasteiger partial charge in [0.1, 0.15) is 23.3 Å². The molecule has 1 fully saturated rings. The van der Waals surface area contributed by atoms with E-state index in [1.807, 2.05) is 51.1 Å². The summed E-state index contributed by atoms with van der Waals surface area (Å²) in [5.74, 6) is 1.90. The summed E-state index contributed by atoms with van der Waals surface area (Å²) in [5.41, 5.74) is 3.36. The van der Waals surface area contributed by atoms with Gasteiger partial charge in [-0.15, -0.1) is 0 Å². The number of fused-ring (bicyclic) bond motifs is 2. The molecule has 0 unspecified atom stereocenters. The highest BCUT2D eigenvalue weighted by atomic mass is 16.6. The van der Waals surface area contributed by atoms with E-state index >= 15 is 0 Å². The van der Waals surface area contributed by atoms with E-state index in [0.717, 1.165) is 65.5 Å². The number of aryl methyl sites for hydroxylation is 1. The molecule has 208 valence electrons. The molecule has 1 amide bonds. The van der Waals surface area contributed by atoms with Gasteiger partial charge >= 0.3 is 6.09 Å². The SMILES string of the molecule is CCCCc1nc2ccc(OC3CCN(C(=O)OC(C)(C)C)CC3)cc2n1Cc1ccc2ccc(C#N)cc2c1. The Morgan fingerprint density at radius 3 is 2.55 bits per heavy atom. The van der Waals surface area contributed by atoms with E-state index in [2.05, 4.69) is 41.8 Å². The Balaban J connectivity index is 1.36. The van der Waals surface area contributed by atoms with Crippen LogP contribution in [0.2, 0.25) is 0 Å². The number of amides is 1. The van der Waals surface area contributed by atoms with Gasteiger partial charge < -0.3 is 18.9 Å². The second-order valence-corrected chi connectivity index (χ2v) is 11.7. The number of hydrogen-bond acceptors (Lipinski definition) is 5. The largest absolute Gasteiger partial charge is 0.490 e. The van der Waals surface area contributed by atoms with Crippen molar-refractivity contribution in [2.24, 2.45) is 0 Å². The third-order valence-corrected chi connectivity index (χ3v) is 7.32. The molecule has 0 N–H and O–H groups in total. The molecule has 0 radical (unpaired) electrons. The van der Waals surface area contributed by atoms with E-state index in [9.17, 15) is 10.1 Å². The zero-order valence-corrected chi connectivity index (χ0v) is 23.9. The molecule has 0 bridgehead atoms. The van der Waals surface area contributed by atoms with Crippen molar-refractivity contribution in [3.8, 4) is 11.8 Å². The maximum atomic E-state index is 12.4. The number of piperidine rings is 1. The first-order valence-electron chi connectivity index (χ1n) is 14.3. The average molecular weight is 539 g/mol. The number of carbonyl (C=O) groups excluding carboxylic acids is 1. The maximum Gasteiger partial charge on any atom is 0.410 e. The molecule has 3 aromatic carbocycles. The monoisotopic (exact) mass is 538 g/mol. The fourth-order valence-corrected chi connectivity index (χ4v) is 5.25. The number of hydrogen-bond donors (Lipinski definition) is 0. The molecule has 1 aromatic heterocycles.